The molecule has 1 unspecified atom stereocenters. The number of rotatable bonds is 3. The summed E-state index contributed by atoms with van der Waals surface area (Å²) in [7, 11) is 1.40. The van der Waals surface area contributed by atoms with Crippen molar-refractivity contribution >= 4 is 24.0 Å². The normalized spacial score (nSPS) is 11.2. The zero-order chi connectivity index (χ0) is 11.4. The fourth-order valence-corrected chi connectivity index (χ4v) is 1.01. The second kappa shape index (κ2) is 6.30. The molecule has 1 aromatic carbocycles. The smallest absolute Gasteiger partial charge is 0.241 e. The summed E-state index contributed by atoms with van der Waals surface area (Å²) in [4.78, 5) is 11.3. The lowest BCUT2D eigenvalue weighted by atomic mass is 10.2. The van der Waals surface area contributed by atoms with Crippen LogP contribution in [0.5, 0.6) is 5.75 Å². The number of nitrogens with one attached hydrogen (secondary N) is 1. The number of nitrogens with two attached hydrogens (primary N) is 1. The van der Waals surface area contributed by atoms with E-state index in [1.54, 1.807) is 6.92 Å². The molecular weight excluding hydrogens is 235 g/mol. The molecule has 3 N–H and O–H groups in total. The van der Waals surface area contributed by atoms with Crippen molar-refractivity contribution in [2.24, 2.45) is 5.73 Å². The highest BCUT2D eigenvalue weighted by Gasteiger charge is 2.11. The van der Waals surface area contributed by atoms with E-state index in [1.165, 1.54) is 25.3 Å². The van der Waals surface area contributed by atoms with Crippen molar-refractivity contribution in [3.8, 4) is 5.75 Å². The second-order valence-electron chi connectivity index (χ2n) is 3.12. The molecule has 0 aliphatic carbocycles. The molecule has 6 heteroatoms. The van der Waals surface area contributed by atoms with Gasteiger partial charge in [-0.25, -0.2) is 4.39 Å². The topological polar surface area (TPSA) is 64.3 Å². The van der Waals surface area contributed by atoms with Gasteiger partial charge in [0.15, 0.2) is 0 Å². The molecule has 1 aromatic rings. The molecule has 0 fully saturated rings. The van der Waals surface area contributed by atoms with E-state index in [9.17, 15) is 9.18 Å². The highest BCUT2D eigenvalue weighted by atomic mass is 35.5. The SMILES string of the molecule is COc1cc(F)ccc1NC(=O)C(C)N.Cl. The third-order valence-corrected chi connectivity index (χ3v) is 1.84. The zero-order valence-electron chi connectivity index (χ0n) is 8.99. The number of carbonyl (C=O) groups is 1. The average molecular weight is 249 g/mol. The number of amides is 1. The Labute approximate surface area is 99.4 Å². The Balaban J connectivity index is 0.00000225. The molecule has 0 heterocycles. The predicted molar refractivity (Wildman–Crippen MR) is 62.5 cm³/mol. The van der Waals surface area contributed by atoms with Crippen LogP contribution in [0.25, 0.3) is 0 Å². The first-order valence-electron chi connectivity index (χ1n) is 4.44. The van der Waals surface area contributed by atoms with Gasteiger partial charge in [-0.1, -0.05) is 0 Å². The fourth-order valence-electron chi connectivity index (χ4n) is 1.01. The van der Waals surface area contributed by atoms with Crippen LogP contribution in [0.2, 0.25) is 0 Å². The highest BCUT2D eigenvalue weighted by molar-refractivity contribution is 5.95. The van der Waals surface area contributed by atoms with Gasteiger partial charge in [0.1, 0.15) is 11.6 Å². The van der Waals surface area contributed by atoms with Gasteiger partial charge in [-0.05, 0) is 19.1 Å². The van der Waals surface area contributed by atoms with Gasteiger partial charge in [0.2, 0.25) is 5.91 Å². The summed E-state index contributed by atoms with van der Waals surface area (Å²) in [6.45, 7) is 1.56. The maximum atomic E-state index is 12.8. The number of halogens is 2. The number of hydrogen-bond donors (Lipinski definition) is 2. The molecule has 1 atom stereocenters. The first kappa shape index (κ1) is 14.7. The number of benzene rings is 1. The summed E-state index contributed by atoms with van der Waals surface area (Å²) < 4.78 is 17.7. The van der Waals surface area contributed by atoms with Crippen LogP contribution in [0.15, 0.2) is 18.2 Å². The van der Waals surface area contributed by atoms with E-state index < -0.39 is 11.9 Å². The van der Waals surface area contributed by atoms with Crippen molar-refractivity contribution in [2.45, 2.75) is 13.0 Å². The largest absolute Gasteiger partial charge is 0.494 e. The van der Waals surface area contributed by atoms with Crippen LogP contribution < -0.4 is 15.8 Å². The van der Waals surface area contributed by atoms with Crippen molar-refractivity contribution in [1.82, 2.24) is 0 Å². The van der Waals surface area contributed by atoms with Crippen LogP contribution in [-0.2, 0) is 4.79 Å². The van der Waals surface area contributed by atoms with Gasteiger partial charge in [-0.3, -0.25) is 4.79 Å². The lowest BCUT2D eigenvalue weighted by molar-refractivity contribution is -0.117. The number of ether oxygens (including phenoxy) is 1. The molecule has 0 bridgehead atoms. The quantitative estimate of drug-likeness (QED) is 0.853. The molecule has 0 saturated heterocycles. The third kappa shape index (κ3) is 3.67. The summed E-state index contributed by atoms with van der Waals surface area (Å²) in [5.41, 5.74) is 5.78. The van der Waals surface area contributed by atoms with Gasteiger partial charge in [-0.15, -0.1) is 12.4 Å². The number of hydrogen-bond acceptors (Lipinski definition) is 3. The van der Waals surface area contributed by atoms with Gasteiger partial charge in [0.05, 0.1) is 18.8 Å². The van der Waals surface area contributed by atoms with E-state index in [0.717, 1.165) is 0 Å². The number of methoxy groups -OCH3 is 1. The first-order valence-corrected chi connectivity index (χ1v) is 4.44. The Kier molecular flexibility index (Phi) is 5.77. The molecule has 0 spiro atoms. The summed E-state index contributed by atoms with van der Waals surface area (Å²) >= 11 is 0. The minimum absolute atomic E-state index is 0. The van der Waals surface area contributed by atoms with E-state index in [2.05, 4.69) is 5.32 Å². The van der Waals surface area contributed by atoms with E-state index in [1.807, 2.05) is 0 Å². The highest BCUT2D eigenvalue weighted by Crippen LogP contribution is 2.24. The molecule has 0 radical (unpaired) electrons. The Morgan fingerprint density at radius 1 is 1.56 bits per heavy atom. The van der Waals surface area contributed by atoms with Gasteiger partial charge < -0.3 is 15.8 Å². The van der Waals surface area contributed by atoms with Gasteiger partial charge in [0, 0.05) is 6.07 Å². The van der Waals surface area contributed by atoms with Gasteiger partial charge in [0.25, 0.3) is 0 Å². The van der Waals surface area contributed by atoms with Crippen LogP contribution in [0, 0.1) is 5.82 Å². The van der Waals surface area contributed by atoms with E-state index in [0.29, 0.717) is 5.69 Å². The predicted octanol–water partition coefficient (Wildman–Crippen LogP) is 1.54. The third-order valence-electron chi connectivity index (χ3n) is 1.84. The Bertz CT molecular complexity index is 372. The number of anilines is 1. The lowest BCUT2D eigenvalue weighted by Crippen LogP contribution is -2.32. The molecule has 0 aromatic heterocycles. The van der Waals surface area contributed by atoms with Crippen molar-refractivity contribution in [3.05, 3.63) is 24.0 Å². The van der Waals surface area contributed by atoms with Crippen molar-refractivity contribution in [1.29, 1.82) is 0 Å². The summed E-state index contributed by atoms with van der Waals surface area (Å²) in [5, 5.41) is 2.53. The Morgan fingerprint density at radius 2 is 2.19 bits per heavy atom. The molecule has 16 heavy (non-hydrogen) atoms. The molecule has 0 aliphatic heterocycles. The van der Waals surface area contributed by atoms with Crippen LogP contribution >= 0.6 is 12.4 Å². The monoisotopic (exact) mass is 248 g/mol. The summed E-state index contributed by atoms with van der Waals surface area (Å²) in [6.07, 6.45) is 0. The molecular formula is C10H14ClFN2O2. The zero-order valence-corrected chi connectivity index (χ0v) is 9.81. The maximum Gasteiger partial charge on any atom is 0.241 e. The van der Waals surface area contributed by atoms with Gasteiger partial charge >= 0.3 is 0 Å². The Hall–Kier alpha value is -1.33. The second-order valence-corrected chi connectivity index (χ2v) is 3.12. The molecule has 0 saturated carbocycles. The van der Waals surface area contributed by atoms with E-state index in [-0.39, 0.29) is 24.1 Å². The molecule has 0 aliphatic rings. The Morgan fingerprint density at radius 3 is 2.69 bits per heavy atom. The minimum Gasteiger partial charge on any atom is -0.494 e. The van der Waals surface area contributed by atoms with Crippen LogP contribution in [0.4, 0.5) is 10.1 Å². The fraction of sp³-hybridized carbons (Fsp3) is 0.300. The summed E-state index contributed by atoms with van der Waals surface area (Å²) in [6, 6.07) is 3.23. The molecule has 1 amide bonds. The molecule has 1 rings (SSSR count). The minimum atomic E-state index is -0.625. The van der Waals surface area contributed by atoms with Crippen LogP contribution in [-0.4, -0.2) is 19.1 Å². The van der Waals surface area contributed by atoms with Gasteiger partial charge in [-0.2, -0.15) is 0 Å². The van der Waals surface area contributed by atoms with E-state index in [4.69, 9.17) is 10.5 Å². The van der Waals surface area contributed by atoms with Crippen molar-refractivity contribution in [2.75, 3.05) is 12.4 Å². The van der Waals surface area contributed by atoms with Crippen LogP contribution in [0.3, 0.4) is 0 Å². The number of carbonyl (C=O) groups excluding carboxylic acids is 1. The molecule has 90 valence electrons. The maximum absolute atomic E-state index is 12.8. The summed E-state index contributed by atoms with van der Waals surface area (Å²) in [5.74, 6) is -0.505. The first-order chi connectivity index (χ1) is 7.04. The lowest BCUT2D eigenvalue weighted by Gasteiger charge is -2.11. The standard InChI is InChI=1S/C10H13FN2O2.ClH/c1-6(12)10(14)13-8-4-3-7(11)5-9(8)15-2;/h3-6H,12H2,1-2H3,(H,13,14);1H. The van der Waals surface area contributed by atoms with Crippen molar-refractivity contribution in [3.63, 3.8) is 0 Å². The average Bonchev–Trinajstić information content (AvgIpc) is 2.20. The van der Waals surface area contributed by atoms with Crippen molar-refractivity contribution < 1.29 is 13.9 Å². The molecule has 4 nitrogen and oxygen atoms in total. The van der Waals surface area contributed by atoms with E-state index >= 15 is 0 Å². The van der Waals surface area contributed by atoms with Crippen LogP contribution in [0.1, 0.15) is 6.92 Å².